The fourth-order valence-corrected chi connectivity index (χ4v) is 1.86. The lowest BCUT2D eigenvalue weighted by atomic mass is 10.1. The van der Waals surface area contributed by atoms with Gasteiger partial charge in [0.15, 0.2) is 0 Å². The number of rotatable bonds is 4. The lowest BCUT2D eigenvalue weighted by molar-refractivity contribution is -0.117. The van der Waals surface area contributed by atoms with E-state index in [1.807, 2.05) is 30.3 Å². The van der Waals surface area contributed by atoms with Crippen LogP contribution in [0.25, 0.3) is 0 Å². The number of hydrogen-bond acceptors (Lipinski definition) is 1. The van der Waals surface area contributed by atoms with Gasteiger partial charge in [0.2, 0.25) is 5.91 Å². The van der Waals surface area contributed by atoms with Crippen LogP contribution in [0, 0.1) is 0 Å². The Morgan fingerprint density at radius 1 is 1.50 bits per heavy atom. The molecule has 0 fully saturated rings. The molecule has 0 aliphatic carbocycles. The summed E-state index contributed by atoms with van der Waals surface area (Å²) < 4.78 is 0.849. The van der Waals surface area contributed by atoms with Crippen LogP contribution in [0.15, 0.2) is 43.0 Å². The second kappa shape index (κ2) is 5.80. The van der Waals surface area contributed by atoms with E-state index in [4.69, 9.17) is 0 Å². The zero-order valence-electron chi connectivity index (χ0n) is 7.74. The SMILES string of the molecule is C=CC(=O)NC(CI)c1ccccc1. The zero-order valence-corrected chi connectivity index (χ0v) is 9.90. The van der Waals surface area contributed by atoms with Gasteiger partial charge in [-0.1, -0.05) is 59.5 Å². The monoisotopic (exact) mass is 301 g/mol. The second-order valence-electron chi connectivity index (χ2n) is 2.83. The van der Waals surface area contributed by atoms with Crippen molar-refractivity contribution < 1.29 is 4.79 Å². The van der Waals surface area contributed by atoms with Gasteiger partial charge in [-0.05, 0) is 11.6 Å². The van der Waals surface area contributed by atoms with E-state index < -0.39 is 0 Å². The van der Waals surface area contributed by atoms with Gasteiger partial charge >= 0.3 is 0 Å². The Hall–Kier alpha value is -0.840. The van der Waals surface area contributed by atoms with Crippen LogP contribution in [0.2, 0.25) is 0 Å². The summed E-state index contributed by atoms with van der Waals surface area (Å²) in [6, 6.07) is 9.98. The summed E-state index contributed by atoms with van der Waals surface area (Å²) in [7, 11) is 0. The molecule has 0 saturated carbocycles. The first-order chi connectivity index (χ1) is 6.77. The van der Waals surface area contributed by atoms with Gasteiger partial charge in [0.25, 0.3) is 0 Å². The average Bonchev–Trinajstić information content (AvgIpc) is 2.26. The molecule has 0 bridgehead atoms. The van der Waals surface area contributed by atoms with Crippen molar-refractivity contribution in [2.24, 2.45) is 0 Å². The standard InChI is InChI=1S/C11H12INO/c1-2-11(14)13-10(8-12)9-6-4-3-5-7-9/h2-7,10H,1,8H2,(H,13,14). The van der Waals surface area contributed by atoms with Gasteiger partial charge < -0.3 is 5.32 Å². The highest BCUT2D eigenvalue weighted by atomic mass is 127. The van der Waals surface area contributed by atoms with Crippen LogP contribution in [-0.4, -0.2) is 10.3 Å². The van der Waals surface area contributed by atoms with Crippen molar-refractivity contribution in [2.75, 3.05) is 4.43 Å². The second-order valence-corrected chi connectivity index (χ2v) is 3.71. The topological polar surface area (TPSA) is 29.1 Å². The van der Waals surface area contributed by atoms with Crippen LogP contribution in [0.1, 0.15) is 11.6 Å². The predicted octanol–water partition coefficient (Wildman–Crippen LogP) is 2.46. The molecule has 14 heavy (non-hydrogen) atoms. The summed E-state index contributed by atoms with van der Waals surface area (Å²) in [6.45, 7) is 3.43. The first kappa shape index (κ1) is 11.2. The van der Waals surface area contributed by atoms with Crippen molar-refractivity contribution >= 4 is 28.5 Å². The van der Waals surface area contributed by atoms with Gasteiger partial charge in [-0.3, -0.25) is 4.79 Å². The van der Waals surface area contributed by atoms with Crippen molar-refractivity contribution in [3.63, 3.8) is 0 Å². The van der Waals surface area contributed by atoms with Gasteiger partial charge in [0, 0.05) is 4.43 Å². The Kier molecular flexibility index (Phi) is 4.65. The lowest BCUT2D eigenvalue weighted by Crippen LogP contribution is -2.27. The molecule has 0 aliphatic heterocycles. The van der Waals surface area contributed by atoms with E-state index >= 15 is 0 Å². The number of carbonyl (C=O) groups excluding carboxylic acids is 1. The van der Waals surface area contributed by atoms with Gasteiger partial charge in [-0.15, -0.1) is 0 Å². The van der Waals surface area contributed by atoms with Gasteiger partial charge in [0.1, 0.15) is 0 Å². The minimum absolute atomic E-state index is 0.0716. The highest BCUT2D eigenvalue weighted by Gasteiger charge is 2.10. The molecule has 0 heterocycles. The number of halogens is 1. The van der Waals surface area contributed by atoms with E-state index in [-0.39, 0.29) is 11.9 Å². The number of carbonyl (C=O) groups is 1. The Morgan fingerprint density at radius 2 is 2.14 bits per heavy atom. The van der Waals surface area contributed by atoms with Crippen LogP contribution in [-0.2, 0) is 4.79 Å². The first-order valence-electron chi connectivity index (χ1n) is 4.31. The number of nitrogens with one attached hydrogen (secondary N) is 1. The third-order valence-electron chi connectivity index (χ3n) is 1.86. The number of hydrogen-bond donors (Lipinski definition) is 1. The highest BCUT2D eigenvalue weighted by Crippen LogP contribution is 2.14. The molecular formula is C11H12INO. The quantitative estimate of drug-likeness (QED) is 0.517. The maximum atomic E-state index is 11.1. The Bertz CT molecular complexity index is 310. The minimum atomic E-state index is -0.129. The predicted molar refractivity (Wildman–Crippen MR) is 66.4 cm³/mol. The molecule has 2 nitrogen and oxygen atoms in total. The van der Waals surface area contributed by atoms with Gasteiger partial charge in [-0.25, -0.2) is 0 Å². The largest absolute Gasteiger partial charge is 0.345 e. The van der Waals surface area contributed by atoms with Crippen LogP contribution < -0.4 is 5.32 Å². The maximum absolute atomic E-state index is 11.1. The zero-order chi connectivity index (χ0) is 10.4. The van der Waals surface area contributed by atoms with Crippen molar-refractivity contribution in [2.45, 2.75) is 6.04 Å². The third-order valence-corrected chi connectivity index (χ3v) is 2.74. The molecule has 3 heteroatoms. The fraction of sp³-hybridized carbons (Fsp3) is 0.182. The lowest BCUT2D eigenvalue weighted by Gasteiger charge is -2.15. The summed E-state index contributed by atoms with van der Waals surface area (Å²) >= 11 is 2.25. The Balaban J connectivity index is 2.72. The van der Waals surface area contributed by atoms with E-state index in [2.05, 4.69) is 34.5 Å². The third kappa shape index (κ3) is 3.14. The normalized spacial score (nSPS) is 11.8. The molecule has 1 aromatic rings. The molecule has 1 rings (SSSR count). The van der Waals surface area contributed by atoms with E-state index in [0.717, 1.165) is 9.99 Å². The number of amides is 1. The minimum Gasteiger partial charge on any atom is -0.345 e. The molecule has 0 aromatic heterocycles. The van der Waals surface area contributed by atoms with Crippen LogP contribution in [0.5, 0.6) is 0 Å². The molecule has 1 amide bonds. The van der Waals surface area contributed by atoms with Gasteiger partial charge in [-0.2, -0.15) is 0 Å². The summed E-state index contributed by atoms with van der Waals surface area (Å²) in [5.74, 6) is -0.129. The van der Waals surface area contributed by atoms with Crippen LogP contribution in [0.3, 0.4) is 0 Å². The van der Waals surface area contributed by atoms with E-state index in [9.17, 15) is 4.79 Å². The summed E-state index contributed by atoms with van der Waals surface area (Å²) in [6.07, 6.45) is 1.29. The van der Waals surface area contributed by atoms with Crippen LogP contribution in [0.4, 0.5) is 0 Å². The molecule has 0 aliphatic rings. The molecule has 0 spiro atoms. The van der Waals surface area contributed by atoms with Crippen LogP contribution >= 0.6 is 22.6 Å². The molecule has 1 unspecified atom stereocenters. The van der Waals surface area contributed by atoms with E-state index in [1.54, 1.807) is 0 Å². The van der Waals surface area contributed by atoms with Crippen molar-refractivity contribution in [3.8, 4) is 0 Å². The molecule has 0 radical (unpaired) electrons. The highest BCUT2D eigenvalue weighted by molar-refractivity contribution is 14.1. The molecular weight excluding hydrogens is 289 g/mol. The van der Waals surface area contributed by atoms with Crippen molar-refractivity contribution in [3.05, 3.63) is 48.6 Å². The van der Waals surface area contributed by atoms with Crippen molar-refractivity contribution in [1.82, 2.24) is 5.32 Å². The molecule has 1 aromatic carbocycles. The molecule has 1 N–H and O–H groups in total. The summed E-state index contributed by atoms with van der Waals surface area (Å²) in [4.78, 5) is 11.1. The van der Waals surface area contributed by atoms with Gasteiger partial charge in [0.05, 0.1) is 6.04 Å². The first-order valence-corrected chi connectivity index (χ1v) is 5.84. The Labute approximate surface area is 97.5 Å². The van der Waals surface area contributed by atoms with E-state index in [0.29, 0.717) is 0 Å². The summed E-state index contributed by atoms with van der Waals surface area (Å²) in [5, 5.41) is 2.87. The van der Waals surface area contributed by atoms with E-state index in [1.165, 1.54) is 6.08 Å². The smallest absolute Gasteiger partial charge is 0.243 e. The Morgan fingerprint density at radius 3 is 2.64 bits per heavy atom. The molecule has 74 valence electrons. The maximum Gasteiger partial charge on any atom is 0.243 e. The van der Waals surface area contributed by atoms with Crippen molar-refractivity contribution in [1.29, 1.82) is 0 Å². The molecule has 0 saturated heterocycles. The number of benzene rings is 1. The number of alkyl halides is 1. The summed E-state index contributed by atoms with van der Waals surface area (Å²) in [5.41, 5.74) is 1.12. The molecule has 1 atom stereocenters. The average molecular weight is 301 g/mol. The fourth-order valence-electron chi connectivity index (χ4n) is 1.13.